The van der Waals surface area contributed by atoms with E-state index in [9.17, 15) is 26.4 Å². The van der Waals surface area contributed by atoms with Crippen LogP contribution in [-0.4, -0.2) is 37.6 Å². The summed E-state index contributed by atoms with van der Waals surface area (Å²) in [4.78, 5) is 22.1. The van der Waals surface area contributed by atoms with Crippen molar-refractivity contribution in [1.29, 1.82) is 0 Å². The van der Waals surface area contributed by atoms with E-state index in [2.05, 4.69) is 23.9 Å². The van der Waals surface area contributed by atoms with Crippen LogP contribution in [0.15, 0.2) is 53.4 Å². The Hall–Kier alpha value is -3.08. The summed E-state index contributed by atoms with van der Waals surface area (Å²) in [7, 11) is -3.66. The number of aliphatic carboxylic acids is 1. The van der Waals surface area contributed by atoms with Crippen molar-refractivity contribution in [2.75, 3.05) is 4.72 Å². The lowest BCUT2D eigenvalue weighted by Crippen LogP contribution is -2.42. The number of nitrogens with one attached hydrogen (secondary N) is 2. The van der Waals surface area contributed by atoms with Crippen molar-refractivity contribution in [3.05, 3.63) is 59.7 Å². The lowest BCUT2D eigenvalue weighted by atomic mass is 9.91. The van der Waals surface area contributed by atoms with Gasteiger partial charge in [-0.05, 0) is 73.4 Å². The zero-order valence-corrected chi connectivity index (χ0v) is 22.9. The summed E-state index contributed by atoms with van der Waals surface area (Å²) in [6.45, 7) is 4.28. The number of amides is 1. The van der Waals surface area contributed by atoms with Crippen LogP contribution >= 0.6 is 0 Å². The summed E-state index contributed by atoms with van der Waals surface area (Å²) in [5.74, 6) is -2.11. The molecule has 4 rings (SSSR count). The van der Waals surface area contributed by atoms with Crippen LogP contribution in [0.5, 0.6) is 0 Å². The largest absolute Gasteiger partial charge is 0.490 e. The first kappa shape index (κ1) is 30.5. The van der Waals surface area contributed by atoms with Crippen LogP contribution in [0.1, 0.15) is 69.9 Å². The molecule has 0 spiro atoms. The Bertz CT molecular complexity index is 1230. The molecule has 0 aliphatic heterocycles. The molecular formula is C28H35F3N2O5S. The third-order valence-corrected chi connectivity index (χ3v) is 8.33. The molecule has 1 amide bonds. The van der Waals surface area contributed by atoms with E-state index >= 15 is 0 Å². The number of benzene rings is 2. The molecule has 0 bridgehead atoms. The minimum absolute atomic E-state index is 0.124. The Labute approximate surface area is 227 Å². The summed E-state index contributed by atoms with van der Waals surface area (Å²) < 4.78 is 60.0. The number of alkyl halides is 3. The fourth-order valence-electron chi connectivity index (χ4n) is 4.69. The fourth-order valence-corrected chi connectivity index (χ4v) is 5.75. The standard InChI is InChI=1S/C26H34N2O3S.C2HF3O2/c1-19(2)18-20-8-14-24(15-9-20)32(30,31)28-23-12-10-21(11-13-23)26(16-17-26)25(29)27-22-6-4-3-5-7-22;3-2(4,5)1(6)7/h8-15,19,22,28H,3-7,16-18H2,1-2H3,(H,27,29);(H,6,7). The number of carboxylic acid groups (broad SMARTS) is 1. The molecule has 2 aromatic rings. The van der Waals surface area contributed by atoms with Crippen molar-refractivity contribution in [3.63, 3.8) is 0 Å². The van der Waals surface area contributed by atoms with Crippen molar-refractivity contribution >= 4 is 27.6 Å². The van der Waals surface area contributed by atoms with E-state index in [0.29, 0.717) is 17.6 Å². The first-order valence-corrected chi connectivity index (χ1v) is 14.5. The highest BCUT2D eigenvalue weighted by atomic mass is 32.2. The predicted octanol–water partition coefficient (Wildman–Crippen LogP) is 5.80. The first-order valence-electron chi connectivity index (χ1n) is 13.1. The number of rotatable bonds is 8. The van der Waals surface area contributed by atoms with Crippen LogP contribution in [0.25, 0.3) is 0 Å². The van der Waals surface area contributed by atoms with Gasteiger partial charge in [0.05, 0.1) is 10.3 Å². The summed E-state index contributed by atoms with van der Waals surface area (Å²) >= 11 is 0. The average Bonchev–Trinajstić information content (AvgIpc) is 3.67. The molecule has 2 aromatic carbocycles. The van der Waals surface area contributed by atoms with Crippen LogP contribution < -0.4 is 10.0 Å². The van der Waals surface area contributed by atoms with E-state index < -0.39 is 27.6 Å². The lowest BCUT2D eigenvalue weighted by molar-refractivity contribution is -0.192. The van der Waals surface area contributed by atoms with Gasteiger partial charge in [-0.25, -0.2) is 13.2 Å². The first-order chi connectivity index (χ1) is 18.2. The maximum Gasteiger partial charge on any atom is 0.490 e. The van der Waals surface area contributed by atoms with Gasteiger partial charge in [0.25, 0.3) is 10.0 Å². The van der Waals surface area contributed by atoms with Gasteiger partial charge in [-0.1, -0.05) is 57.4 Å². The van der Waals surface area contributed by atoms with Crippen molar-refractivity contribution in [3.8, 4) is 0 Å². The van der Waals surface area contributed by atoms with Gasteiger partial charge in [0.1, 0.15) is 0 Å². The van der Waals surface area contributed by atoms with Gasteiger partial charge in [-0.15, -0.1) is 0 Å². The van der Waals surface area contributed by atoms with E-state index in [0.717, 1.165) is 43.2 Å². The molecule has 0 unspecified atom stereocenters. The Morgan fingerprint density at radius 2 is 1.51 bits per heavy atom. The fraction of sp³-hybridized carbons (Fsp3) is 0.500. The Kier molecular flexibility index (Phi) is 9.69. The number of anilines is 1. The summed E-state index contributed by atoms with van der Waals surface area (Å²) in [5.41, 5.74) is 2.15. The molecule has 0 saturated heterocycles. The molecule has 39 heavy (non-hydrogen) atoms. The van der Waals surface area contributed by atoms with E-state index in [1.165, 1.54) is 19.3 Å². The molecule has 214 valence electrons. The van der Waals surface area contributed by atoms with E-state index in [4.69, 9.17) is 9.90 Å². The molecule has 0 radical (unpaired) electrons. The highest BCUT2D eigenvalue weighted by Crippen LogP contribution is 2.49. The van der Waals surface area contributed by atoms with E-state index in [1.54, 1.807) is 24.3 Å². The van der Waals surface area contributed by atoms with Crippen molar-refractivity contribution in [1.82, 2.24) is 5.32 Å². The molecule has 3 N–H and O–H groups in total. The van der Waals surface area contributed by atoms with Crippen LogP contribution in [0.2, 0.25) is 0 Å². The van der Waals surface area contributed by atoms with Crippen LogP contribution in [0, 0.1) is 5.92 Å². The highest BCUT2D eigenvalue weighted by Gasteiger charge is 2.51. The Balaban J connectivity index is 0.000000532. The van der Waals surface area contributed by atoms with Gasteiger partial charge in [0, 0.05) is 11.7 Å². The quantitative estimate of drug-likeness (QED) is 0.373. The van der Waals surface area contributed by atoms with Crippen LogP contribution in [0.3, 0.4) is 0 Å². The number of hydrogen-bond acceptors (Lipinski definition) is 4. The maximum absolute atomic E-state index is 13.0. The Morgan fingerprint density at radius 1 is 0.974 bits per heavy atom. The molecule has 2 aliphatic carbocycles. The zero-order valence-electron chi connectivity index (χ0n) is 22.1. The van der Waals surface area contributed by atoms with Gasteiger partial charge < -0.3 is 10.4 Å². The molecule has 2 aliphatic rings. The number of carbonyl (C=O) groups is 2. The third kappa shape index (κ3) is 8.45. The number of halogens is 3. The second kappa shape index (κ2) is 12.4. The second-order valence-electron chi connectivity index (χ2n) is 10.6. The molecule has 7 nitrogen and oxygen atoms in total. The van der Waals surface area contributed by atoms with Crippen molar-refractivity contribution < 1.29 is 36.3 Å². The topological polar surface area (TPSA) is 113 Å². The molecule has 0 heterocycles. The van der Waals surface area contributed by atoms with E-state index in [1.807, 2.05) is 24.3 Å². The molecule has 0 aromatic heterocycles. The second-order valence-corrected chi connectivity index (χ2v) is 12.3. The monoisotopic (exact) mass is 568 g/mol. The zero-order chi connectivity index (χ0) is 28.8. The number of carboxylic acids is 1. The summed E-state index contributed by atoms with van der Waals surface area (Å²) in [6.07, 6.45) is 3.31. The predicted molar refractivity (Wildman–Crippen MR) is 142 cm³/mol. The van der Waals surface area contributed by atoms with Crippen LogP contribution in [0.4, 0.5) is 18.9 Å². The summed E-state index contributed by atoms with van der Waals surface area (Å²) in [5, 5.41) is 10.4. The molecular weight excluding hydrogens is 533 g/mol. The maximum atomic E-state index is 13.0. The van der Waals surface area contributed by atoms with Crippen LogP contribution in [-0.2, 0) is 31.4 Å². The van der Waals surface area contributed by atoms with Gasteiger partial charge in [-0.3, -0.25) is 9.52 Å². The summed E-state index contributed by atoms with van der Waals surface area (Å²) in [6, 6.07) is 14.6. The smallest absolute Gasteiger partial charge is 0.475 e. The van der Waals surface area contributed by atoms with Crippen molar-refractivity contribution in [2.24, 2.45) is 5.92 Å². The average molecular weight is 569 g/mol. The normalized spacial score (nSPS) is 17.1. The van der Waals surface area contributed by atoms with Gasteiger partial charge >= 0.3 is 12.1 Å². The lowest BCUT2D eigenvalue weighted by Gasteiger charge is -2.25. The molecule has 0 atom stereocenters. The molecule has 11 heteroatoms. The number of carbonyl (C=O) groups excluding carboxylic acids is 1. The van der Waals surface area contributed by atoms with E-state index in [-0.39, 0.29) is 10.8 Å². The minimum Gasteiger partial charge on any atom is -0.475 e. The number of hydrogen-bond donors (Lipinski definition) is 3. The SMILES string of the molecule is CC(C)Cc1ccc(S(=O)(=O)Nc2ccc(C3(C(=O)NC4CCCCC4)CC3)cc2)cc1.O=C(O)C(F)(F)F. The van der Waals surface area contributed by atoms with Gasteiger partial charge in [0.2, 0.25) is 5.91 Å². The Morgan fingerprint density at radius 3 is 1.97 bits per heavy atom. The molecule has 2 saturated carbocycles. The van der Waals surface area contributed by atoms with Gasteiger partial charge in [0.15, 0.2) is 0 Å². The number of sulfonamides is 1. The minimum atomic E-state index is -5.08. The highest BCUT2D eigenvalue weighted by molar-refractivity contribution is 7.92. The molecule has 2 fully saturated rings. The van der Waals surface area contributed by atoms with Crippen molar-refractivity contribution in [2.45, 2.75) is 87.7 Å². The third-order valence-electron chi connectivity index (χ3n) is 6.93. The van der Waals surface area contributed by atoms with Gasteiger partial charge in [-0.2, -0.15) is 13.2 Å².